The molecule has 3 rings (SSSR count). The standard InChI is InChI=1S/C17H23FN4O2S.ClH/c1-3-8-22(14-6-7-19-11-14)25(23,24)15-4-5-17(16(18)9-15)21-12-13(2)10-20-21;/h4-5,9-10,12,14,19H,3,6-8,11H2,1-2H3;1H. The van der Waals surface area contributed by atoms with Crippen molar-refractivity contribution in [2.75, 3.05) is 19.6 Å². The summed E-state index contributed by atoms with van der Waals surface area (Å²) in [6, 6.07) is 3.93. The van der Waals surface area contributed by atoms with Crippen molar-refractivity contribution in [1.82, 2.24) is 19.4 Å². The van der Waals surface area contributed by atoms with E-state index in [1.807, 2.05) is 13.8 Å². The lowest BCUT2D eigenvalue weighted by atomic mass is 10.2. The number of hydrogen-bond donors (Lipinski definition) is 1. The molecule has 0 aliphatic carbocycles. The van der Waals surface area contributed by atoms with Gasteiger partial charge >= 0.3 is 0 Å². The number of halogens is 2. The maximum absolute atomic E-state index is 14.5. The maximum atomic E-state index is 14.5. The first kappa shape index (κ1) is 20.8. The molecule has 6 nitrogen and oxygen atoms in total. The van der Waals surface area contributed by atoms with E-state index in [4.69, 9.17) is 0 Å². The Labute approximate surface area is 159 Å². The summed E-state index contributed by atoms with van der Waals surface area (Å²) in [5, 5.41) is 7.26. The fourth-order valence-corrected chi connectivity index (χ4v) is 4.88. The van der Waals surface area contributed by atoms with Crippen LogP contribution in [-0.2, 0) is 10.0 Å². The van der Waals surface area contributed by atoms with Gasteiger partial charge in [-0.05, 0) is 50.1 Å². The third-order valence-electron chi connectivity index (χ3n) is 4.37. The number of rotatable bonds is 6. The minimum atomic E-state index is -3.74. The topological polar surface area (TPSA) is 67.2 Å². The molecule has 0 radical (unpaired) electrons. The van der Waals surface area contributed by atoms with Crippen molar-refractivity contribution in [2.24, 2.45) is 0 Å². The molecule has 1 aliphatic rings. The molecule has 0 bridgehead atoms. The summed E-state index contributed by atoms with van der Waals surface area (Å²) < 4.78 is 43.5. The summed E-state index contributed by atoms with van der Waals surface area (Å²) in [6.07, 6.45) is 4.80. The van der Waals surface area contributed by atoms with E-state index in [9.17, 15) is 12.8 Å². The molecule has 26 heavy (non-hydrogen) atoms. The molecule has 0 spiro atoms. The summed E-state index contributed by atoms with van der Waals surface area (Å²) >= 11 is 0. The molecule has 1 N–H and O–H groups in total. The van der Waals surface area contributed by atoms with Crippen LogP contribution < -0.4 is 5.32 Å². The van der Waals surface area contributed by atoms with Gasteiger partial charge in [-0.1, -0.05) is 6.92 Å². The van der Waals surface area contributed by atoms with Gasteiger partial charge in [0.1, 0.15) is 11.5 Å². The fourth-order valence-electron chi connectivity index (χ4n) is 3.12. The monoisotopic (exact) mass is 402 g/mol. The van der Waals surface area contributed by atoms with Crippen LogP contribution in [0, 0.1) is 12.7 Å². The van der Waals surface area contributed by atoms with E-state index in [0.29, 0.717) is 19.5 Å². The highest BCUT2D eigenvalue weighted by atomic mass is 35.5. The Morgan fingerprint density at radius 2 is 2.19 bits per heavy atom. The van der Waals surface area contributed by atoms with Gasteiger partial charge in [0.05, 0.1) is 11.1 Å². The molecule has 1 unspecified atom stereocenters. The van der Waals surface area contributed by atoms with Gasteiger partial charge in [-0.3, -0.25) is 0 Å². The second-order valence-electron chi connectivity index (χ2n) is 6.34. The van der Waals surface area contributed by atoms with Crippen LogP contribution in [0.5, 0.6) is 0 Å². The highest BCUT2D eigenvalue weighted by molar-refractivity contribution is 7.89. The van der Waals surface area contributed by atoms with Crippen molar-refractivity contribution in [2.45, 2.75) is 37.6 Å². The fraction of sp³-hybridized carbons (Fsp3) is 0.471. The van der Waals surface area contributed by atoms with Gasteiger partial charge in [0.15, 0.2) is 0 Å². The summed E-state index contributed by atoms with van der Waals surface area (Å²) in [7, 11) is -3.74. The van der Waals surface area contributed by atoms with Crippen LogP contribution in [0.1, 0.15) is 25.3 Å². The normalized spacial score (nSPS) is 17.5. The molecule has 2 aromatic rings. The Balaban J connectivity index is 0.00000243. The van der Waals surface area contributed by atoms with Crippen LogP contribution in [0.3, 0.4) is 0 Å². The van der Waals surface area contributed by atoms with E-state index in [2.05, 4.69) is 10.4 Å². The molecule has 0 amide bonds. The quantitative estimate of drug-likeness (QED) is 0.806. The highest BCUT2D eigenvalue weighted by Gasteiger charge is 2.33. The van der Waals surface area contributed by atoms with Gasteiger partial charge < -0.3 is 5.32 Å². The second-order valence-corrected chi connectivity index (χ2v) is 8.23. The van der Waals surface area contributed by atoms with E-state index in [-0.39, 0.29) is 29.0 Å². The molecule has 1 aromatic heterocycles. The number of aryl methyl sites for hydroxylation is 1. The summed E-state index contributed by atoms with van der Waals surface area (Å²) in [6.45, 7) is 5.65. The lowest BCUT2D eigenvalue weighted by Gasteiger charge is -2.27. The number of benzene rings is 1. The zero-order valence-corrected chi connectivity index (χ0v) is 16.5. The summed E-state index contributed by atoms with van der Waals surface area (Å²) in [5.41, 5.74) is 1.13. The van der Waals surface area contributed by atoms with Crippen LogP contribution in [0.15, 0.2) is 35.5 Å². The van der Waals surface area contributed by atoms with Gasteiger partial charge in [0, 0.05) is 25.3 Å². The average Bonchev–Trinajstić information content (AvgIpc) is 3.24. The second kappa shape index (κ2) is 8.47. The maximum Gasteiger partial charge on any atom is 0.243 e. The van der Waals surface area contributed by atoms with E-state index < -0.39 is 15.8 Å². The van der Waals surface area contributed by atoms with E-state index in [0.717, 1.165) is 24.6 Å². The number of hydrogen-bond acceptors (Lipinski definition) is 4. The van der Waals surface area contributed by atoms with Crippen molar-refractivity contribution >= 4 is 22.4 Å². The molecule has 1 atom stereocenters. The van der Waals surface area contributed by atoms with E-state index in [1.165, 1.54) is 21.1 Å². The number of nitrogens with one attached hydrogen (secondary N) is 1. The zero-order chi connectivity index (χ0) is 18.0. The van der Waals surface area contributed by atoms with Crippen LogP contribution in [0.25, 0.3) is 5.69 Å². The molecule has 1 aliphatic heterocycles. The van der Waals surface area contributed by atoms with Gasteiger partial charge in [-0.25, -0.2) is 17.5 Å². The third-order valence-corrected chi connectivity index (χ3v) is 6.32. The minimum absolute atomic E-state index is 0. The lowest BCUT2D eigenvalue weighted by molar-refractivity contribution is 0.335. The summed E-state index contributed by atoms with van der Waals surface area (Å²) in [5.74, 6) is -0.606. The lowest BCUT2D eigenvalue weighted by Crippen LogP contribution is -2.42. The van der Waals surface area contributed by atoms with Gasteiger partial charge in [-0.2, -0.15) is 9.40 Å². The first-order valence-electron chi connectivity index (χ1n) is 8.47. The first-order valence-corrected chi connectivity index (χ1v) is 9.91. The molecule has 144 valence electrons. The Morgan fingerprint density at radius 3 is 2.73 bits per heavy atom. The number of sulfonamides is 1. The Bertz CT molecular complexity index is 850. The molecule has 2 heterocycles. The smallest absolute Gasteiger partial charge is 0.243 e. The Morgan fingerprint density at radius 1 is 1.42 bits per heavy atom. The van der Waals surface area contributed by atoms with Crippen molar-refractivity contribution in [3.05, 3.63) is 42.0 Å². The van der Waals surface area contributed by atoms with Crippen molar-refractivity contribution in [3.63, 3.8) is 0 Å². The predicted molar refractivity (Wildman–Crippen MR) is 101 cm³/mol. The molecule has 1 saturated heterocycles. The third kappa shape index (κ3) is 4.09. The average molecular weight is 403 g/mol. The van der Waals surface area contributed by atoms with Gasteiger partial charge in [0.25, 0.3) is 0 Å². The molecule has 1 fully saturated rings. The van der Waals surface area contributed by atoms with E-state index >= 15 is 0 Å². The predicted octanol–water partition coefficient (Wildman–Crippen LogP) is 2.50. The SMILES string of the molecule is CCCN(C1CCNC1)S(=O)(=O)c1ccc(-n2cc(C)cn2)c(F)c1.Cl. The van der Waals surface area contributed by atoms with Gasteiger partial charge in [-0.15, -0.1) is 12.4 Å². The van der Waals surface area contributed by atoms with Gasteiger partial charge in [0.2, 0.25) is 10.0 Å². The van der Waals surface area contributed by atoms with Crippen molar-refractivity contribution in [3.8, 4) is 5.69 Å². The van der Waals surface area contributed by atoms with Crippen LogP contribution in [0.4, 0.5) is 4.39 Å². The molecular formula is C17H24ClFN4O2S. The molecule has 9 heteroatoms. The summed E-state index contributed by atoms with van der Waals surface area (Å²) in [4.78, 5) is -0.0158. The van der Waals surface area contributed by atoms with Crippen molar-refractivity contribution in [1.29, 1.82) is 0 Å². The molecule has 1 aromatic carbocycles. The van der Waals surface area contributed by atoms with Crippen molar-refractivity contribution < 1.29 is 12.8 Å². The molecule has 0 saturated carbocycles. The number of nitrogens with zero attached hydrogens (tertiary/aromatic N) is 3. The number of aromatic nitrogens is 2. The first-order chi connectivity index (χ1) is 11.9. The highest BCUT2D eigenvalue weighted by Crippen LogP contribution is 2.24. The van der Waals surface area contributed by atoms with Crippen LogP contribution >= 0.6 is 12.4 Å². The zero-order valence-electron chi connectivity index (χ0n) is 14.9. The van der Waals surface area contributed by atoms with Crippen LogP contribution in [0.2, 0.25) is 0 Å². The largest absolute Gasteiger partial charge is 0.315 e. The van der Waals surface area contributed by atoms with E-state index in [1.54, 1.807) is 12.4 Å². The Kier molecular flexibility index (Phi) is 6.79. The molecular weight excluding hydrogens is 379 g/mol. The van der Waals surface area contributed by atoms with Crippen LogP contribution in [-0.4, -0.2) is 48.2 Å². The minimum Gasteiger partial charge on any atom is -0.315 e. The Hall–Kier alpha value is -1.48.